The molecule has 0 unspecified atom stereocenters. The lowest BCUT2D eigenvalue weighted by Gasteiger charge is -2.08. The van der Waals surface area contributed by atoms with Crippen LogP contribution in [-0.2, 0) is 15.6 Å². The van der Waals surface area contributed by atoms with Gasteiger partial charge < -0.3 is 19.9 Å². The number of pyridine rings is 2. The fraction of sp³-hybridized carbons (Fsp3) is 0.235. The van der Waals surface area contributed by atoms with Gasteiger partial charge in [0.25, 0.3) is 0 Å². The Kier molecular flexibility index (Phi) is 11.9. The number of hydrogen-bond acceptors (Lipinski definition) is 9. The summed E-state index contributed by atoms with van der Waals surface area (Å²) in [4.78, 5) is 29.7. The normalized spacial score (nSPS) is 14.1. The maximum absolute atomic E-state index is 10.8. The summed E-state index contributed by atoms with van der Waals surface area (Å²) in [6.45, 7) is 0. The van der Waals surface area contributed by atoms with Crippen molar-refractivity contribution in [2.24, 2.45) is 0 Å². The lowest BCUT2D eigenvalue weighted by atomic mass is 9.78. The third-order valence-electron chi connectivity index (χ3n) is 7.54. The second kappa shape index (κ2) is 15.4. The number of benzene rings is 2. The smallest absolute Gasteiger partial charge is 0.478 e. The van der Waals surface area contributed by atoms with Crippen molar-refractivity contribution in [1.29, 1.82) is 10.5 Å². The predicted octanol–water partition coefficient (Wildman–Crippen LogP) is 5.19. The van der Waals surface area contributed by atoms with Crippen molar-refractivity contribution in [2.45, 2.75) is 43.9 Å². The first-order chi connectivity index (χ1) is 21.6. The van der Waals surface area contributed by atoms with E-state index in [-0.39, 0.29) is 29.8 Å². The van der Waals surface area contributed by atoms with Gasteiger partial charge in [-0.25, -0.2) is 14.6 Å². The van der Waals surface area contributed by atoms with Crippen LogP contribution in [0.5, 0.6) is 0 Å². The maximum Gasteiger partial charge on any atom is 0.488 e. The van der Waals surface area contributed by atoms with E-state index in [4.69, 9.17) is 20.4 Å². The van der Waals surface area contributed by atoms with Crippen molar-refractivity contribution in [3.05, 3.63) is 112 Å². The minimum atomic E-state index is -1.45. The monoisotopic (exact) mass is 682 g/mol. The summed E-state index contributed by atoms with van der Waals surface area (Å²) < 4.78 is 5.18. The number of nitrogens with zero attached hydrogens (tertiary/aromatic N) is 4. The van der Waals surface area contributed by atoms with Crippen molar-refractivity contribution in [2.75, 3.05) is 7.11 Å². The molecular formula is C34H32BBrN4O6. The number of carbonyl (C=O) groups excluding carboxylic acids is 1. The van der Waals surface area contributed by atoms with Crippen molar-refractivity contribution < 1.29 is 29.5 Å². The number of esters is 1. The van der Waals surface area contributed by atoms with Gasteiger partial charge in [0.1, 0.15) is 4.60 Å². The number of methoxy groups -OCH3 is 1. The highest BCUT2D eigenvalue weighted by atomic mass is 79.9. The number of aromatic nitrogens is 2. The van der Waals surface area contributed by atoms with E-state index in [2.05, 4.69) is 42.8 Å². The van der Waals surface area contributed by atoms with Gasteiger partial charge >= 0.3 is 19.1 Å². The van der Waals surface area contributed by atoms with Crippen molar-refractivity contribution >= 4 is 40.4 Å². The molecule has 0 aliphatic heterocycles. The number of carboxylic acids is 1. The number of carboxylic acid groups (broad SMARTS) is 1. The Morgan fingerprint density at radius 1 is 0.848 bits per heavy atom. The summed E-state index contributed by atoms with van der Waals surface area (Å²) in [5.74, 6) is -1.36. The van der Waals surface area contributed by atoms with Crippen molar-refractivity contribution in [3.63, 3.8) is 0 Å². The quantitative estimate of drug-likeness (QED) is 0.139. The van der Waals surface area contributed by atoms with E-state index in [9.17, 15) is 14.9 Å². The summed E-state index contributed by atoms with van der Waals surface area (Å²) in [5, 5.41) is 45.0. The van der Waals surface area contributed by atoms with Gasteiger partial charge in [-0.15, -0.1) is 0 Å². The van der Waals surface area contributed by atoms with Gasteiger partial charge in [-0.3, -0.25) is 4.98 Å². The first-order valence-corrected chi connectivity index (χ1v) is 14.6. The van der Waals surface area contributed by atoms with E-state index in [0.29, 0.717) is 21.3 Å². The Morgan fingerprint density at radius 2 is 1.41 bits per heavy atom. The average Bonchev–Trinajstić information content (AvgIpc) is 4.01. The number of ether oxygens (including phenoxy) is 1. The zero-order chi connectivity index (χ0) is 32.6. The number of carbonyl (C=O) groups is 2. The molecule has 2 fully saturated rings. The first kappa shape index (κ1) is 35.6. The molecule has 0 amide bonds. The van der Waals surface area contributed by atoms with Crippen molar-refractivity contribution in [1.82, 2.24) is 9.97 Å². The fourth-order valence-corrected chi connectivity index (χ4v) is 4.69. The third-order valence-corrected chi connectivity index (χ3v) is 8.00. The summed E-state index contributed by atoms with van der Waals surface area (Å²) in [6.07, 6.45) is 6.34. The SMILES string of the molecule is C.COC(=O)c1ccc(Br)nc1.N#CC1(c2cccc(-c3ccc(C(=O)O)cn3)c2)CC1.N#CC1(c2cccc(B(O)O)c2)CC1. The second-order valence-corrected chi connectivity index (χ2v) is 11.4. The van der Waals surface area contributed by atoms with E-state index in [1.54, 1.807) is 36.4 Å². The van der Waals surface area contributed by atoms with E-state index in [1.807, 2.05) is 30.3 Å². The highest BCUT2D eigenvalue weighted by Gasteiger charge is 2.45. The first-order valence-electron chi connectivity index (χ1n) is 13.9. The van der Waals surface area contributed by atoms with E-state index < -0.39 is 13.1 Å². The van der Waals surface area contributed by atoms with Gasteiger partial charge in [-0.1, -0.05) is 49.9 Å². The Hall–Kier alpha value is -4.88. The zero-order valence-corrected chi connectivity index (χ0v) is 25.8. The van der Waals surface area contributed by atoms with Crippen LogP contribution in [0, 0.1) is 22.7 Å². The number of rotatable bonds is 6. The van der Waals surface area contributed by atoms with Crippen LogP contribution in [0.4, 0.5) is 0 Å². The Labute approximate surface area is 276 Å². The maximum atomic E-state index is 10.8. The molecule has 2 heterocycles. The highest BCUT2D eigenvalue weighted by molar-refractivity contribution is 9.10. The lowest BCUT2D eigenvalue weighted by molar-refractivity contribution is 0.0599. The summed E-state index contributed by atoms with van der Waals surface area (Å²) in [6, 6.07) is 25.9. The van der Waals surface area contributed by atoms with E-state index in [0.717, 1.165) is 42.4 Å². The Balaban J connectivity index is 0.000000196. The molecule has 0 radical (unpaired) electrons. The average molecular weight is 683 g/mol. The third kappa shape index (κ3) is 8.64. The molecule has 0 atom stereocenters. The molecule has 12 heteroatoms. The largest absolute Gasteiger partial charge is 0.488 e. The minimum Gasteiger partial charge on any atom is -0.478 e. The molecule has 4 aromatic rings. The van der Waals surface area contributed by atoms with Gasteiger partial charge in [0.05, 0.1) is 46.9 Å². The number of hydrogen-bond donors (Lipinski definition) is 3. The van der Waals surface area contributed by atoms with Gasteiger partial charge in [-0.2, -0.15) is 10.5 Å². The van der Waals surface area contributed by atoms with Crippen LogP contribution >= 0.6 is 15.9 Å². The molecule has 2 aliphatic rings. The molecule has 3 N–H and O–H groups in total. The van der Waals surface area contributed by atoms with Crippen LogP contribution in [0.2, 0.25) is 0 Å². The van der Waals surface area contributed by atoms with Gasteiger partial charge in [0, 0.05) is 18.0 Å². The van der Waals surface area contributed by atoms with E-state index >= 15 is 0 Å². The van der Waals surface area contributed by atoms with E-state index in [1.165, 1.54) is 25.6 Å². The lowest BCUT2D eigenvalue weighted by Crippen LogP contribution is -2.30. The summed E-state index contributed by atoms with van der Waals surface area (Å²) >= 11 is 3.15. The van der Waals surface area contributed by atoms with Gasteiger partial charge in [0.2, 0.25) is 0 Å². The van der Waals surface area contributed by atoms with Crippen LogP contribution in [0.1, 0.15) is 65.0 Å². The number of aromatic carboxylic acids is 1. The molecule has 0 spiro atoms. The van der Waals surface area contributed by atoms with Crippen LogP contribution < -0.4 is 5.46 Å². The molecule has 0 bridgehead atoms. The standard InChI is InChI=1S/C16H12N2O2.C10H10BNO2.C7H6BrNO2.CH4/c17-10-16(6-7-16)13-3-1-2-11(8-13)14-5-4-12(9-18-14)15(19)20;12-7-10(4-5-10)8-2-1-3-9(6-8)11(13)14;1-11-7(10)5-2-3-6(8)9-4-5;/h1-5,8-9H,6-7H2,(H,19,20);1-3,6,13-14H,4-5H2;2-4H,1H3;1H4. The molecule has 2 saturated carbocycles. The second-order valence-electron chi connectivity index (χ2n) is 10.6. The van der Waals surface area contributed by atoms with Crippen molar-refractivity contribution in [3.8, 4) is 23.4 Å². The number of nitriles is 2. The van der Waals surface area contributed by atoms with Crippen LogP contribution in [-0.4, -0.2) is 51.3 Å². The number of halogens is 1. The molecule has 2 aromatic heterocycles. The molecular weight excluding hydrogens is 651 g/mol. The Bertz CT molecular complexity index is 1760. The summed E-state index contributed by atoms with van der Waals surface area (Å²) in [5.41, 5.74) is 3.92. The molecule has 46 heavy (non-hydrogen) atoms. The molecule has 10 nitrogen and oxygen atoms in total. The molecule has 6 rings (SSSR count). The van der Waals surface area contributed by atoms with Crippen LogP contribution in [0.15, 0.2) is 89.8 Å². The minimum absolute atomic E-state index is 0. The molecule has 234 valence electrons. The van der Waals surface area contributed by atoms with Crippen LogP contribution in [0.3, 0.4) is 0 Å². The summed E-state index contributed by atoms with van der Waals surface area (Å²) in [7, 11) is -0.117. The highest BCUT2D eigenvalue weighted by Crippen LogP contribution is 2.48. The van der Waals surface area contributed by atoms with Gasteiger partial charge in [0.15, 0.2) is 0 Å². The molecule has 2 aromatic carbocycles. The topological polar surface area (TPSA) is 177 Å². The zero-order valence-electron chi connectivity index (χ0n) is 24.2. The Morgan fingerprint density at radius 3 is 1.87 bits per heavy atom. The molecule has 2 aliphatic carbocycles. The van der Waals surface area contributed by atoms with Crippen LogP contribution in [0.25, 0.3) is 11.3 Å². The fourth-order valence-electron chi connectivity index (χ4n) is 4.46. The predicted molar refractivity (Wildman–Crippen MR) is 176 cm³/mol. The molecule has 0 saturated heterocycles. The van der Waals surface area contributed by atoms with Gasteiger partial charge in [-0.05, 0) is 88.5 Å².